The van der Waals surface area contributed by atoms with E-state index in [1.54, 1.807) is 0 Å². The number of halogens is 3. The predicted octanol–water partition coefficient (Wildman–Crippen LogP) is 1.98. The average molecular weight is 161 g/mol. The quantitative estimate of drug-likeness (QED) is 0.658. The summed E-state index contributed by atoms with van der Waals surface area (Å²) in [7, 11) is 0. The van der Waals surface area contributed by atoms with Crippen molar-refractivity contribution in [3.05, 3.63) is 0 Å². The Labute approximate surface area is 60.1 Å². The van der Waals surface area contributed by atoms with Crippen molar-refractivity contribution in [3.8, 4) is 0 Å². The van der Waals surface area contributed by atoms with E-state index >= 15 is 0 Å². The third-order valence-corrected chi connectivity index (χ3v) is 1.62. The highest BCUT2D eigenvalue weighted by Crippen LogP contribution is 2.07. The summed E-state index contributed by atoms with van der Waals surface area (Å²) in [6, 6.07) is 0. The van der Waals surface area contributed by atoms with E-state index in [1.165, 1.54) is 0 Å². The van der Waals surface area contributed by atoms with Crippen molar-refractivity contribution in [1.82, 2.24) is 0 Å². The molecular formula is C6H18F3N. The first kappa shape index (κ1) is 22.6. The number of nitrogens with two attached hydrogens (primary N) is 1. The molecule has 0 aromatic rings. The van der Waals surface area contributed by atoms with Crippen molar-refractivity contribution in [2.75, 3.05) is 0 Å². The standard InChI is InChI=1S/C6H15N.3FH/c1-4-6(3,7)5-2;;;/h4-5,7H2,1-3H3;3*1H. The molecule has 0 aliphatic carbocycles. The van der Waals surface area contributed by atoms with Crippen LogP contribution in [0.5, 0.6) is 0 Å². The van der Waals surface area contributed by atoms with E-state index in [1.807, 2.05) is 0 Å². The maximum atomic E-state index is 5.72. The minimum absolute atomic E-state index is 0. The fourth-order valence-electron chi connectivity index (χ4n) is 0.250. The highest BCUT2D eigenvalue weighted by molar-refractivity contribution is 4.72. The lowest BCUT2D eigenvalue weighted by molar-refractivity contribution is 0.437. The highest BCUT2D eigenvalue weighted by Gasteiger charge is 2.10. The molecular weight excluding hydrogens is 143 g/mol. The molecule has 0 saturated heterocycles. The summed E-state index contributed by atoms with van der Waals surface area (Å²) in [5, 5.41) is 0. The minimum atomic E-state index is 0. The minimum Gasteiger partial charge on any atom is -0.325 e. The summed E-state index contributed by atoms with van der Waals surface area (Å²) < 4.78 is 0. The molecule has 0 rings (SSSR count). The third-order valence-electron chi connectivity index (χ3n) is 1.62. The lowest BCUT2D eigenvalue weighted by Gasteiger charge is -2.18. The van der Waals surface area contributed by atoms with Gasteiger partial charge in [0.2, 0.25) is 0 Å². The molecule has 68 valence electrons. The SMILES string of the molecule is CCC(C)(N)CC.F.F.F. The van der Waals surface area contributed by atoms with Gasteiger partial charge in [-0.15, -0.1) is 0 Å². The fourth-order valence-corrected chi connectivity index (χ4v) is 0.250. The second-order valence-electron chi connectivity index (χ2n) is 2.36. The Hall–Kier alpha value is -0.250. The lowest BCUT2D eigenvalue weighted by atomic mass is 9.98. The second kappa shape index (κ2) is 8.75. The summed E-state index contributed by atoms with van der Waals surface area (Å²) in [6.45, 7) is 6.31. The van der Waals surface area contributed by atoms with Crippen LogP contribution < -0.4 is 5.73 Å². The van der Waals surface area contributed by atoms with Crippen molar-refractivity contribution in [2.45, 2.75) is 39.2 Å². The van der Waals surface area contributed by atoms with Gasteiger partial charge < -0.3 is 5.73 Å². The molecule has 0 atom stereocenters. The Morgan fingerprint density at radius 2 is 1.20 bits per heavy atom. The van der Waals surface area contributed by atoms with Gasteiger partial charge in [0.05, 0.1) is 0 Å². The van der Waals surface area contributed by atoms with E-state index in [9.17, 15) is 0 Å². The molecule has 0 heterocycles. The van der Waals surface area contributed by atoms with Crippen molar-refractivity contribution in [3.63, 3.8) is 0 Å². The molecule has 1 nitrogen and oxygen atoms in total. The summed E-state index contributed by atoms with van der Waals surface area (Å²) in [5.41, 5.74) is 5.80. The van der Waals surface area contributed by atoms with Gasteiger partial charge in [-0.25, -0.2) is 0 Å². The van der Waals surface area contributed by atoms with Crippen LogP contribution in [0.15, 0.2) is 0 Å². The maximum absolute atomic E-state index is 5.72. The molecule has 2 N–H and O–H groups in total. The highest BCUT2D eigenvalue weighted by atomic mass is 19.0. The molecule has 0 radical (unpaired) electrons. The van der Waals surface area contributed by atoms with Gasteiger partial charge in [0.1, 0.15) is 0 Å². The van der Waals surface area contributed by atoms with Crippen molar-refractivity contribution in [1.29, 1.82) is 0 Å². The van der Waals surface area contributed by atoms with E-state index in [0.29, 0.717) is 0 Å². The predicted molar refractivity (Wildman–Crippen MR) is 40.7 cm³/mol. The average Bonchev–Trinajstić information content (AvgIpc) is 1.68. The van der Waals surface area contributed by atoms with Crippen molar-refractivity contribution in [2.24, 2.45) is 5.73 Å². The van der Waals surface area contributed by atoms with E-state index in [-0.39, 0.29) is 19.7 Å². The topological polar surface area (TPSA) is 26.0 Å². The van der Waals surface area contributed by atoms with Gasteiger partial charge in [-0.2, -0.15) is 0 Å². The monoisotopic (exact) mass is 161 g/mol. The van der Waals surface area contributed by atoms with Crippen LogP contribution in [0.2, 0.25) is 0 Å². The van der Waals surface area contributed by atoms with Gasteiger partial charge in [0.15, 0.2) is 0 Å². The molecule has 10 heavy (non-hydrogen) atoms. The van der Waals surface area contributed by atoms with Crippen molar-refractivity contribution >= 4 is 0 Å². The zero-order valence-corrected chi connectivity index (χ0v) is 6.72. The van der Waals surface area contributed by atoms with Crippen LogP contribution in [0.1, 0.15) is 33.6 Å². The zero-order valence-electron chi connectivity index (χ0n) is 6.72. The van der Waals surface area contributed by atoms with Gasteiger partial charge >= 0.3 is 0 Å². The molecule has 0 aromatic heterocycles. The Balaban J connectivity index is -0.0000000600. The van der Waals surface area contributed by atoms with E-state index < -0.39 is 0 Å². The molecule has 0 bridgehead atoms. The van der Waals surface area contributed by atoms with Crippen LogP contribution in [0, 0.1) is 0 Å². The van der Waals surface area contributed by atoms with Crippen LogP contribution in [-0.2, 0) is 0 Å². The lowest BCUT2D eigenvalue weighted by Crippen LogP contribution is -2.33. The molecule has 0 amide bonds. The summed E-state index contributed by atoms with van der Waals surface area (Å²) in [4.78, 5) is 0. The van der Waals surface area contributed by atoms with Gasteiger partial charge in [-0.3, -0.25) is 14.1 Å². The van der Waals surface area contributed by atoms with Gasteiger partial charge in [0.25, 0.3) is 0 Å². The normalized spacial score (nSPS) is 8.40. The van der Waals surface area contributed by atoms with Crippen LogP contribution in [-0.4, -0.2) is 5.54 Å². The number of hydrogen-bond donors (Lipinski definition) is 1. The van der Waals surface area contributed by atoms with Gasteiger partial charge in [-0.1, -0.05) is 13.8 Å². The number of hydrogen-bond acceptors (Lipinski definition) is 1. The Bertz CT molecular complexity index is 51.0. The van der Waals surface area contributed by atoms with Crippen LogP contribution >= 0.6 is 0 Å². The Kier molecular flexibility index (Phi) is 19.8. The smallest absolute Gasteiger partial charge is 0.0120 e. The van der Waals surface area contributed by atoms with Gasteiger partial charge in [0, 0.05) is 5.54 Å². The van der Waals surface area contributed by atoms with E-state index in [4.69, 9.17) is 5.73 Å². The van der Waals surface area contributed by atoms with Crippen molar-refractivity contribution < 1.29 is 14.1 Å². The largest absolute Gasteiger partial charge is 0.325 e. The first-order valence-electron chi connectivity index (χ1n) is 2.91. The molecule has 0 aliphatic rings. The fraction of sp³-hybridized carbons (Fsp3) is 1.00. The first-order valence-corrected chi connectivity index (χ1v) is 2.91. The summed E-state index contributed by atoms with van der Waals surface area (Å²) in [5.74, 6) is 0. The second-order valence-corrected chi connectivity index (χ2v) is 2.36. The molecule has 0 fully saturated rings. The maximum Gasteiger partial charge on any atom is 0.0120 e. The first-order chi connectivity index (χ1) is 3.12. The molecule has 0 saturated carbocycles. The number of rotatable bonds is 2. The van der Waals surface area contributed by atoms with E-state index in [2.05, 4.69) is 20.8 Å². The van der Waals surface area contributed by atoms with E-state index in [0.717, 1.165) is 12.8 Å². The molecule has 0 aliphatic heterocycles. The Morgan fingerprint density at radius 3 is 1.20 bits per heavy atom. The summed E-state index contributed by atoms with van der Waals surface area (Å²) in [6.07, 6.45) is 2.15. The molecule has 0 spiro atoms. The zero-order chi connectivity index (χ0) is 5.91. The summed E-state index contributed by atoms with van der Waals surface area (Å²) >= 11 is 0. The molecule has 0 unspecified atom stereocenters. The van der Waals surface area contributed by atoms with Gasteiger partial charge in [-0.05, 0) is 19.8 Å². The van der Waals surface area contributed by atoms with Crippen LogP contribution in [0.3, 0.4) is 0 Å². The van der Waals surface area contributed by atoms with Crippen LogP contribution in [0.4, 0.5) is 14.1 Å². The molecule has 0 aromatic carbocycles. The molecule has 4 heteroatoms. The van der Waals surface area contributed by atoms with Crippen LogP contribution in [0.25, 0.3) is 0 Å². The third kappa shape index (κ3) is 10.7. The Morgan fingerprint density at radius 1 is 1.00 bits per heavy atom.